The Labute approximate surface area is 108 Å². The van der Waals surface area contributed by atoms with Crippen molar-refractivity contribution >= 4 is 17.4 Å². The van der Waals surface area contributed by atoms with E-state index in [9.17, 15) is 0 Å². The summed E-state index contributed by atoms with van der Waals surface area (Å²) >= 11 is 5.82. The fraction of sp³-hybridized carbons (Fsp3) is 0. The number of oxime groups is 1. The van der Waals surface area contributed by atoms with E-state index in [0.29, 0.717) is 10.8 Å². The Kier molecular flexibility index (Phi) is 3.59. The van der Waals surface area contributed by atoms with Gasteiger partial charge in [0.1, 0.15) is 11.4 Å². The molecule has 3 N–H and O–H groups in total. The monoisotopic (exact) mass is 264 g/mol. The van der Waals surface area contributed by atoms with Crippen LogP contribution in [0.2, 0.25) is 5.02 Å². The normalized spacial score (nSPS) is 11.3. The summed E-state index contributed by atoms with van der Waals surface area (Å²) < 4.78 is 5.40. The van der Waals surface area contributed by atoms with Crippen LogP contribution in [0.15, 0.2) is 41.7 Å². The lowest BCUT2D eigenvalue weighted by atomic mass is 10.3. The molecule has 2 rings (SSSR count). The number of nitrogens with zero attached hydrogens (tertiary/aromatic N) is 3. The van der Waals surface area contributed by atoms with Gasteiger partial charge in [0.15, 0.2) is 5.84 Å². The molecule has 0 aliphatic carbocycles. The fourth-order valence-electron chi connectivity index (χ4n) is 1.22. The number of ether oxygens (including phenoxy) is 1. The summed E-state index contributed by atoms with van der Waals surface area (Å²) in [5, 5.41) is 11.9. The summed E-state index contributed by atoms with van der Waals surface area (Å²) in [7, 11) is 0. The Morgan fingerprint density at radius 1 is 1.39 bits per heavy atom. The second kappa shape index (κ2) is 5.33. The van der Waals surface area contributed by atoms with E-state index in [-0.39, 0.29) is 17.5 Å². The number of halogens is 1. The van der Waals surface area contributed by atoms with Gasteiger partial charge in [-0.25, -0.2) is 4.98 Å². The average Bonchev–Trinajstić information content (AvgIpc) is 2.38. The molecule has 0 radical (unpaired) electrons. The molecule has 7 heteroatoms. The second-order valence-corrected chi connectivity index (χ2v) is 3.71. The Balaban J connectivity index is 2.24. The van der Waals surface area contributed by atoms with Crippen LogP contribution in [0.1, 0.15) is 5.69 Å². The predicted octanol–water partition coefficient (Wildman–Crippen LogP) is 2.02. The molecule has 0 aliphatic rings. The molecule has 1 aromatic carbocycles. The Morgan fingerprint density at radius 2 is 2.22 bits per heavy atom. The minimum absolute atomic E-state index is 0.0846. The highest BCUT2D eigenvalue weighted by Gasteiger charge is 2.05. The van der Waals surface area contributed by atoms with Crippen LogP contribution in [-0.2, 0) is 0 Å². The summed E-state index contributed by atoms with van der Waals surface area (Å²) in [6.07, 6.45) is 1.44. The first-order valence-corrected chi connectivity index (χ1v) is 5.31. The molecule has 0 atom stereocenters. The van der Waals surface area contributed by atoms with Gasteiger partial charge in [-0.3, -0.25) is 0 Å². The molecule has 18 heavy (non-hydrogen) atoms. The first-order chi connectivity index (χ1) is 8.69. The largest absolute Gasteiger partial charge is 0.424 e. The van der Waals surface area contributed by atoms with E-state index in [4.69, 9.17) is 27.3 Å². The van der Waals surface area contributed by atoms with Gasteiger partial charge in [0.05, 0.1) is 0 Å². The zero-order chi connectivity index (χ0) is 13.0. The van der Waals surface area contributed by atoms with E-state index in [0.717, 1.165) is 0 Å². The lowest BCUT2D eigenvalue weighted by Crippen LogP contribution is -2.15. The highest BCUT2D eigenvalue weighted by atomic mass is 35.5. The molecule has 0 unspecified atom stereocenters. The minimum Gasteiger partial charge on any atom is -0.424 e. The van der Waals surface area contributed by atoms with E-state index < -0.39 is 0 Å². The van der Waals surface area contributed by atoms with Gasteiger partial charge in [-0.1, -0.05) is 22.8 Å². The van der Waals surface area contributed by atoms with Crippen molar-refractivity contribution < 1.29 is 9.94 Å². The third kappa shape index (κ3) is 2.86. The van der Waals surface area contributed by atoms with Crippen molar-refractivity contribution in [2.45, 2.75) is 0 Å². The van der Waals surface area contributed by atoms with E-state index in [1.165, 1.54) is 12.3 Å². The first-order valence-electron chi connectivity index (χ1n) is 4.93. The lowest BCUT2D eigenvalue weighted by molar-refractivity contribution is 0.318. The number of hydrogen-bond acceptors (Lipinski definition) is 5. The molecule has 0 fully saturated rings. The number of nitrogens with two attached hydrogens (primary N) is 1. The molecule has 0 bridgehead atoms. The zero-order valence-electron chi connectivity index (χ0n) is 9.12. The van der Waals surface area contributed by atoms with E-state index in [1.807, 2.05) is 0 Å². The maximum atomic E-state index is 8.55. The molecule has 92 valence electrons. The SMILES string of the molecule is N/C(=N/O)c1ccnc(Oc2cccc(Cl)c2)n1. The molecular weight excluding hydrogens is 256 g/mol. The molecule has 2 aromatic rings. The topological polar surface area (TPSA) is 93.6 Å². The van der Waals surface area contributed by atoms with Gasteiger partial charge in [0, 0.05) is 11.2 Å². The Hall–Kier alpha value is -2.34. The molecular formula is C11H9ClN4O2. The molecule has 0 saturated carbocycles. The number of benzene rings is 1. The standard InChI is InChI=1S/C11H9ClN4O2/c12-7-2-1-3-8(6-7)18-11-14-5-4-9(15-11)10(13)16-17/h1-6,17H,(H2,13,16). The van der Waals surface area contributed by atoms with Gasteiger partial charge in [-0.15, -0.1) is 0 Å². The fourth-order valence-corrected chi connectivity index (χ4v) is 1.40. The molecule has 0 spiro atoms. The number of hydrogen-bond donors (Lipinski definition) is 2. The third-order valence-corrected chi connectivity index (χ3v) is 2.24. The van der Waals surface area contributed by atoms with Gasteiger partial charge in [0.2, 0.25) is 0 Å². The van der Waals surface area contributed by atoms with Gasteiger partial charge in [-0.05, 0) is 24.3 Å². The van der Waals surface area contributed by atoms with Crippen LogP contribution < -0.4 is 10.5 Å². The van der Waals surface area contributed by atoms with Crippen LogP contribution in [0.5, 0.6) is 11.8 Å². The lowest BCUT2D eigenvalue weighted by Gasteiger charge is -2.04. The molecule has 1 heterocycles. The van der Waals surface area contributed by atoms with Crippen LogP contribution >= 0.6 is 11.6 Å². The van der Waals surface area contributed by atoms with Crippen molar-refractivity contribution in [2.75, 3.05) is 0 Å². The molecule has 6 nitrogen and oxygen atoms in total. The van der Waals surface area contributed by atoms with Gasteiger partial charge < -0.3 is 15.7 Å². The number of amidine groups is 1. The summed E-state index contributed by atoms with van der Waals surface area (Å²) in [5.41, 5.74) is 5.68. The quantitative estimate of drug-likeness (QED) is 0.383. The van der Waals surface area contributed by atoms with Crippen molar-refractivity contribution in [2.24, 2.45) is 10.9 Å². The van der Waals surface area contributed by atoms with Crippen LogP contribution in [-0.4, -0.2) is 21.0 Å². The summed E-state index contributed by atoms with van der Waals surface area (Å²) in [4.78, 5) is 7.89. The highest BCUT2D eigenvalue weighted by molar-refractivity contribution is 6.30. The minimum atomic E-state index is -0.117. The van der Waals surface area contributed by atoms with Crippen molar-refractivity contribution in [3.8, 4) is 11.8 Å². The van der Waals surface area contributed by atoms with Crippen LogP contribution in [0, 0.1) is 0 Å². The predicted molar refractivity (Wildman–Crippen MR) is 66.1 cm³/mol. The second-order valence-electron chi connectivity index (χ2n) is 3.27. The maximum Gasteiger partial charge on any atom is 0.322 e. The van der Waals surface area contributed by atoms with E-state index in [1.54, 1.807) is 24.3 Å². The third-order valence-electron chi connectivity index (χ3n) is 2.01. The first kappa shape index (κ1) is 12.1. The van der Waals surface area contributed by atoms with Gasteiger partial charge >= 0.3 is 6.01 Å². The van der Waals surface area contributed by atoms with Crippen molar-refractivity contribution in [3.63, 3.8) is 0 Å². The van der Waals surface area contributed by atoms with Crippen LogP contribution in [0.25, 0.3) is 0 Å². The molecule has 0 amide bonds. The maximum absolute atomic E-state index is 8.55. The van der Waals surface area contributed by atoms with Crippen molar-refractivity contribution in [3.05, 3.63) is 47.2 Å². The average molecular weight is 265 g/mol. The summed E-state index contributed by atoms with van der Waals surface area (Å²) in [5.74, 6) is 0.382. The van der Waals surface area contributed by atoms with Crippen LogP contribution in [0.4, 0.5) is 0 Å². The Morgan fingerprint density at radius 3 is 2.94 bits per heavy atom. The van der Waals surface area contributed by atoms with Crippen molar-refractivity contribution in [1.29, 1.82) is 0 Å². The molecule has 1 aromatic heterocycles. The Bertz CT molecular complexity index is 589. The smallest absolute Gasteiger partial charge is 0.322 e. The number of aromatic nitrogens is 2. The van der Waals surface area contributed by atoms with Crippen LogP contribution in [0.3, 0.4) is 0 Å². The summed E-state index contributed by atoms with van der Waals surface area (Å²) in [6.45, 7) is 0. The molecule has 0 aliphatic heterocycles. The van der Waals surface area contributed by atoms with Gasteiger partial charge in [-0.2, -0.15) is 4.98 Å². The highest BCUT2D eigenvalue weighted by Crippen LogP contribution is 2.21. The van der Waals surface area contributed by atoms with Crippen molar-refractivity contribution in [1.82, 2.24) is 9.97 Å². The van der Waals surface area contributed by atoms with Gasteiger partial charge in [0.25, 0.3) is 0 Å². The van der Waals surface area contributed by atoms with E-state index >= 15 is 0 Å². The summed E-state index contributed by atoms with van der Waals surface area (Å²) in [6, 6.07) is 8.39. The van der Waals surface area contributed by atoms with E-state index in [2.05, 4.69) is 15.1 Å². The number of rotatable bonds is 3. The zero-order valence-corrected chi connectivity index (χ0v) is 9.87. The molecule has 0 saturated heterocycles.